The van der Waals surface area contributed by atoms with E-state index in [4.69, 9.17) is 0 Å². The molecule has 196 valence electrons. The number of hydrogen-bond donors (Lipinski definition) is 2. The first-order chi connectivity index (χ1) is 18.5. The van der Waals surface area contributed by atoms with Crippen molar-refractivity contribution in [3.63, 3.8) is 0 Å². The van der Waals surface area contributed by atoms with E-state index in [9.17, 15) is 14.7 Å². The third-order valence-corrected chi connectivity index (χ3v) is 7.63. The zero-order chi connectivity index (χ0) is 26.1. The number of carbonyl (C=O) groups is 1. The first-order valence-electron chi connectivity index (χ1n) is 13.3. The van der Waals surface area contributed by atoms with E-state index in [0.717, 1.165) is 37.2 Å². The molecule has 6 rings (SSSR count). The van der Waals surface area contributed by atoms with Crippen molar-refractivity contribution >= 4 is 22.6 Å². The summed E-state index contributed by atoms with van der Waals surface area (Å²) in [7, 11) is 0. The number of amides is 1. The van der Waals surface area contributed by atoms with Crippen molar-refractivity contribution in [2.75, 3.05) is 25.0 Å². The smallest absolute Gasteiger partial charge is 0.264 e. The van der Waals surface area contributed by atoms with Gasteiger partial charge in [0.25, 0.3) is 5.56 Å². The Morgan fingerprint density at radius 2 is 1.87 bits per heavy atom. The van der Waals surface area contributed by atoms with Crippen molar-refractivity contribution in [2.24, 2.45) is 5.92 Å². The average molecular weight is 513 g/mol. The molecule has 4 aromatic rings. The van der Waals surface area contributed by atoms with Crippen molar-refractivity contribution in [1.82, 2.24) is 24.2 Å². The minimum Gasteiger partial charge on any atom is -0.388 e. The van der Waals surface area contributed by atoms with Crippen LogP contribution in [0.5, 0.6) is 0 Å². The lowest BCUT2D eigenvalue weighted by Crippen LogP contribution is -2.50. The van der Waals surface area contributed by atoms with Crippen LogP contribution in [0.1, 0.15) is 31.2 Å². The average Bonchev–Trinajstić information content (AvgIpc) is 3.70. The van der Waals surface area contributed by atoms with Gasteiger partial charge in [0.05, 0.1) is 24.0 Å². The van der Waals surface area contributed by atoms with Crippen LogP contribution in [-0.2, 0) is 17.8 Å². The summed E-state index contributed by atoms with van der Waals surface area (Å²) in [5, 5.41) is 19.5. The lowest BCUT2D eigenvalue weighted by atomic mass is 9.91. The van der Waals surface area contributed by atoms with E-state index in [2.05, 4.69) is 27.5 Å². The third kappa shape index (κ3) is 5.06. The molecule has 0 atom stereocenters. The highest BCUT2D eigenvalue weighted by Crippen LogP contribution is 2.33. The highest BCUT2D eigenvalue weighted by molar-refractivity contribution is 5.81. The maximum atomic E-state index is 13.3. The van der Waals surface area contributed by atoms with Crippen molar-refractivity contribution in [2.45, 2.75) is 44.2 Å². The van der Waals surface area contributed by atoms with Crippen LogP contribution >= 0.6 is 0 Å². The zero-order valence-corrected chi connectivity index (χ0v) is 21.3. The monoisotopic (exact) mass is 512 g/mol. The Morgan fingerprint density at radius 1 is 1.08 bits per heavy atom. The van der Waals surface area contributed by atoms with Gasteiger partial charge in [-0.1, -0.05) is 36.4 Å². The zero-order valence-electron chi connectivity index (χ0n) is 21.3. The fraction of sp³-hybridized carbons (Fsp3) is 0.379. The molecule has 1 saturated carbocycles. The number of aliphatic hydroxyl groups is 1. The molecule has 3 heterocycles. The van der Waals surface area contributed by atoms with Crippen molar-refractivity contribution in [1.29, 1.82) is 0 Å². The molecule has 0 radical (unpaired) electrons. The molecule has 9 nitrogen and oxygen atoms in total. The number of carbonyl (C=O) groups excluding carboxylic acids is 1. The number of benzene rings is 2. The summed E-state index contributed by atoms with van der Waals surface area (Å²) in [4.78, 5) is 32.0. The summed E-state index contributed by atoms with van der Waals surface area (Å²) in [6.45, 7) is 1.98. The predicted octanol–water partition coefficient (Wildman–Crippen LogP) is 3.00. The summed E-state index contributed by atoms with van der Waals surface area (Å²) >= 11 is 0. The Labute approximate surface area is 220 Å². The molecule has 38 heavy (non-hydrogen) atoms. The minimum absolute atomic E-state index is 0.145. The second kappa shape index (κ2) is 10.1. The molecular formula is C29H32N6O3. The van der Waals surface area contributed by atoms with Gasteiger partial charge in [-0.25, -0.2) is 9.67 Å². The van der Waals surface area contributed by atoms with Crippen LogP contribution in [0.4, 0.5) is 5.69 Å². The third-order valence-electron chi connectivity index (χ3n) is 7.63. The molecule has 9 heteroatoms. The van der Waals surface area contributed by atoms with Crippen LogP contribution in [0.25, 0.3) is 16.7 Å². The summed E-state index contributed by atoms with van der Waals surface area (Å²) in [5.74, 6) is 0.382. The molecular weight excluding hydrogens is 480 g/mol. The van der Waals surface area contributed by atoms with E-state index >= 15 is 0 Å². The van der Waals surface area contributed by atoms with Gasteiger partial charge < -0.3 is 15.3 Å². The number of nitrogens with zero attached hydrogens (tertiary/aromatic N) is 5. The Hall–Kier alpha value is -3.98. The van der Waals surface area contributed by atoms with Gasteiger partial charge in [-0.15, -0.1) is 0 Å². The number of likely N-dealkylation sites (tertiary alicyclic amines) is 1. The highest BCUT2D eigenvalue weighted by Gasteiger charge is 2.39. The molecule has 0 unspecified atom stereocenters. The molecule has 2 fully saturated rings. The van der Waals surface area contributed by atoms with Crippen LogP contribution in [0.15, 0.2) is 71.9 Å². The van der Waals surface area contributed by atoms with Gasteiger partial charge in [-0.3, -0.25) is 14.2 Å². The highest BCUT2D eigenvalue weighted by atomic mass is 16.3. The molecule has 0 bridgehead atoms. The van der Waals surface area contributed by atoms with Crippen LogP contribution < -0.4 is 10.9 Å². The van der Waals surface area contributed by atoms with Crippen molar-refractivity contribution in [3.05, 3.63) is 83.0 Å². The van der Waals surface area contributed by atoms with E-state index in [1.807, 2.05) is 47.4 Å². The number of nitrogens with one attached hydrogen (secondary N) is 1. The maximum absolute atomic E-state index is 13.3. The molecule has 2 aromatic heterocycles. The molecule has 2 aliphatic rings. The normalized spacial score (nSPS) is 17.0. The first kappa shape index (κ1) is 24.4. The van der Waals surface area contributed by atoms with Crippen molar-refractivity contribution in [3.8, 4) is 5.69 Å². The Bertz CT molecular complexity index is 1500. The van der Waals surface area contributed by atoms with Gasteiger partial charge in [0, 0.05) is 31.2 Å². The SMILES string of the molecule is O=C(C1CC1)N1CCC(O)(Cn2cnc3c(cnn3-c3cccc(NCCc4ccccc4)c3)c2=O)CC1. The number of anilines is 1. The van der Waals surface area contributed by atoms with E-state index in [-0.39, 0.29) is 23.9 Å². The first-order valence-corrected chi connectivity index (χ1v) is 13.3. The van der Waals surface area contributed by atoms with Gasteiger partial charge in [-0.05, 0) is 55.9 Å². The molecule has 2 aromatic carbocycles. The number of aromatic nitrogens is 4. The molecule has 0 spiro atoms. The van der Waals surface area contributed by atoms with Crippen LogP contribution in [0.2, 0.25) is 0 Å². The van der Waals surface area contributed by atoms with Gasteiger partial charge >= 0.3 is 0 Å². The van der Waals surface area contributed by atoms with Gasteiger partial charge in [0.2, 0.25) is 5.91 Å². The molecule has 1 aliphatic carbocycles. The Kier molecular flexibility index (Phi) is 6.45. The fourth-order valence-corrected chi connectivity index (χ4v) is 5.20. The molecule has 1 amide bonds. The quantitative estimate of drug-likeness (QED) is 0.376. The van der Waals surface area contributed by atoms with E-state index in [1.54, 1.807) is 4.68 Å². The summed E-state index contributed by atoms with van der Waals surface area (Å²) in [5.41, 5.74) is 2.24. The van der Waals surface area contributed by atoms with E-state index in [1.165, 1.54) is 22.7 Å². The number of rotatable bonds is 8. The second-order valence-electron chi connectivity index (χ2n) is 10.5. The fourth-order valence-electron chi connectivity index (χ4n) is 5.20. The number of hydrogen-bond acceptors (Lipinski definition) is 6. The van der Waals surface area contributed by atoms with Gasteiger partial charge in [-0.2, -0.15) is 5.10 Å². The Morgan fingerprint density at radius 3 is 2.63 bits per heavy atom. The topological polar surface area (TPSA) is 105 Å². The van der Waals surface area contributed by atoms with Crippen molar-refractivity contribution < 1.29 is 9.90 Å². The predicted molar refractivity (Wildman–Crippen MR) is 145 cm³/mol. The van der Waals surface area contributed by atoms with Gasteiger partial charge in [0.15, 0.2) is 5.65 Å². The van der Waals surface area contributed by atoms with E-state index < -0.39 is 5.60 Å². The number of fused-ring (bicyclic) bond motifs is 1. The standard InChI is InChI=1S/C29H32N6O3/c36-27(22-9-10-22)33-15-12-29(38,13-16-33)19-34-20-31-26-25(28(34)37)18-32-35(26)24-8-4-7-23(17-24)30-14-11-21-5-2-1-3-6-21/h1-8,17-18,20,22,30,38H,9-16,19H2. The summed E-state index contributed by atoms with van der Waals surface area (Å²) < 4.78 is 3.13. The lowest BCUT2D eigenvalue weighted by molar-refractivity contribution is -0.137. The largest absolute Gasteiger partial charge is 0.388 e. The molecule has 1 saturated heterocycles. The minimum atomic E-state index is -1.05. The molecule has 2 N–H and O–H groups in total. The second-order valence-corrected chi connectivity index (χ2v) is 10.5. The summed E-state index contributed by atoms with van der Waals surface area (Å²) in [6, 6.07) is 18.2. The van der Waals surface area contributed by atoms with E-state index in [0.29, 0.717) is 37.0 Å². The van der Waals surface area contributed by atoms with Crippen LogP contribution in [-0.4, -0.2) is 60.5 Å². The Balaban J connectivity index is 1.15. The van der Waals surface area contributed by atoms with Gasteiger partial charge in [0.1, 0.15) is 11.7 Å². The number of piperidine rings is 1. The molecule has 1 aliphatic heterocycles. The lowest BCUT2D eigenvalue weighted by Gasteiger charge is -2.38. The van der Waals surface area contributed by atoms with Crippen LogP contribution in [0.3, 0.4) is 0 Å². The van der Waals surface area contributed by atoms with Crippen LogP contribution in [0, 0.1) is 5.92 Å². The maximum Gasteiger partial charge on any atom is 0.264 e. The summed E-state index contributed by atoms with van der Waals surface area (Å²) in [6.07, 6.45) is 6.78.